The first-order chi connectivity index (χ1) is 10.3. The first kappa shape index (κ1) is 13.8. The van der Waals surface area contributed by atoms with Gasteiger partial charge in [0.2, 0.25) is 5.91 Å². The number of rotatable bonds is 4. The molecule has 1 aromatic carbocycles. The molecule has 21 heavy (non-hydrogen) atoms. The Morgan fingerprint density at radius 1 is 1.14 bits per heavy atom. The number of fused-ring (bicyclic) bond motifs is 1. The van der Waals surface area contributed by atoms with Crippen LogP contribution in [0.2, 0.25) is 0 Å². The highest BCUT2D eigenvalue weighted by molar-refractivity contribution is 8.00. The third-order valence-corrected chi connectivity index (χ3v) is 3.86. The van der Waals surface area contributed by atoms with E-state index in [9.17, 15) is 4.79 Å². The van der Waals surface area contributed by atoms with Gasteiger partial charge in [-0.2, -0.15) is 0 Å². The summed E-state index contributed by atoms with van der Waals surface area (Å²) in [5, 5.41) is 2.85. The van der Waals surface area contributed by atoms with Crippen LogP contribution in [0.25, 0.3) is 0 Å². The molecule has 0 atom stereocenters. The molecule has 0 bridgehead atoms. The summed E-state index contributed by atoms with van der Waals surface area (Å²) in [5.74, 6) is 1.66. The van der Waals surface area contributed by atoms with Gasteiger partial charge in [-0.25, -0.2) is 0 Å². The van der Waals surface area contributed by atoms with E-state index in [4.69, 9.17) is 9.47 Å². The zero-order valence-electron chi connectivity index (χ0n) is 11.2. The predicted molar refractivity (Wildman–Crippen MR) is 81.0 cm³/mol. The van der Waals surface area contributed by atoms with Gasteiger partial charge in [-0.1, -0.05) is 0 Å². The fourth-order valence-corrected chi connectivity index (χ4v) is 2.59. The normalized spacial score (nSPS) is 12.8. The average Bonchev–Trinajstić information content (AvgIpc) is 2.54. The molecule has 0 aliphatic carbocycles. The van der Waals surface area contributed by atoms with Crippen molar-refractivity contribution in [2.75, 3.05) is 24.3 Å². The van der Waals surface area contributed by atoms with Crippen molar-refractivity contribution in [2.45, 2.75) is 4.90 Å². The number of hydrogen-bond donors (Lipinski definition) is 1. The maximum atomic E-state index is 11.9. The van der Waals surface area contributed by atoms with Crippen LogP contribution in [-0.2, 0) is 4.79 Å². The number of hydrogen-bond acceptors (Lipinski definition) is 5. The molecule has 1 amide bonds. The molecule has 0 unspecified atom stereocenters. The quantitative estimate of drug-likeness (QED) is 0.880. The van der Waals surface area contributed by atoms with Gasteiger partial charge in [-0.3, -0.25) is 9.78 Å². The maximum absolute atomic E-state index is 11.9. The van der Waals surface area contributed by atoms with Gasteiger partial charge in [0.25, 0.3) is 0 Å². The summed E-state index contributed by atoms with van der Waals surface area (Å²) in [5.41, 5.74) is 0.708. The number of amides is 1. The number of anilines is 1. The summed E-state index contributed by atoms with van der Waals surface area (Å²) in [6.07, 6.45) is 3.42. The first-order valence-corrected chi connectivity index (χ1v) is 7.52. The van der Waals surface area contributed by atoms with Crippen molar-refractivity contribution in [1.82, 2.24) is 4.98 Å². The van der Waals surface area contributed by atoms with E-state index in [2.05, 4.69) is 10.3 Å². The lowest BCUT2D eigenvalue weighted by atomic mass is 10.2. The topological polar surface area (TPSA) is 60.5 Å². The van der Waals surface area contributed by atoms with E-state index in [0.717, 1.165) is 4.90 Å². The summed E-state index contributed by atoms with van der Waals surface area (Å²) in [7, 11) is 0. The van der Waals surface area contributed by atoms with E-state index in [0.29, 0.717) is 36.2 Å². The lowest BCUT2D eigenvalue weighted by molar-refractivity contribution is -0.113. The van der Waals surface area contributed by atoms with E-state index >= 15 is 0 Å². The standard InChI is InChI=1S/C15H14N2O3S/c18-15(10-21-12-3-5-16-6-4-12)17-11-1-2-13-14(9-11)20-8-7-19-13/h1-6,9H,7-8,10H2,(H,17,18). The monoisotopic (exact) mass is 302 g/mol. The van der Waals surface area contributed by atoms with Crippen LogP contribution in [0.4, 0.5) is 5.69 Å². The second kappa shape index (κ2) is 6.49. The summed E-state index contributed by atoms with van der Waals surface area (Å²) in [4.78, 5) is 16.9. The van der Waals surface area contributed by atoms with Crippen molar-refractivity contribution in [3.05, 3.63) is 42.7 Å². The van der Waals surface area contributed by atoms with E-state index in [-0.39, 0.29) is 5.91 Å². The zero-order chi connectivity index (χ0) is 14.5. The molecule has 0 fully saturated rings. The third-order valence-electron chi connectivity index (χ3n) is 2.85. The van der Waals surface area contributed by atoms with Crippen LogP contribution in [0.3, 0.4) is 0 Å². The Morgan fingerprint density at radius 3 is 2.71 bits per heavy atom. The minimum absolute atomic E-state index is 0.0616. The van der Waals surface area contributed by atoms with E-state index in [1.165, 1.54) is 11.8 Å². The van der Waals surface area contributed by atoms with Gasteiger partial charge in [0, 0.05) is 29.0 Å². The highest BCUT2D eigenvalue weighted by Crippen LogP contribution is 2.32. The fourth-order valence-electron chi connectivity index (χ4n) is 1.90. The van der Waals surface area contributed by atoms with E-state index in [1.807, 2.05) is 18.2 Å². The van der Waals surface area contributed by atoms with Crippen molar-refractivity contribution in [1.29, 1.82) is 0 Å². The van der Waals surface area contributed by atoms with Crippen molar-refractivity contribution in [3.8, 4) is 11.5 Å². The van der Waals surface area contributed by atoms with Gasteiger partial charge in [-0.05, 0) is 24.3 Å². The lowest BCUT2D eigenvalue weighted by Gasteiger charge is -2.19. The molecule has 0 saturated heterocycles. The number of benzene rings is 1. The number of aromatic nitrogens is 1. The highest BCUT2D eigenvalue weighted by atomic mass is 32.2. The number of nitrogens with zero attached hydrogens (tertiary/aromatic N) is 1. The van der Waals surface area contributed by atoms with Crippen LogP contribution in [-0.4, -0.2) is 29.9 Å². The lowest BCUT2D eigenvalue weighted by Crippen LogP contribution is -2.17. The van der Waals surface area contributed by atoms with E-state index < -0.39 is 0 Å². The summed E-state index contributed by atoms with van der Waals surface area (Å²) in [6, 6.07) is 9.15. The SMILES string of the molecule is O=C(CSc1ccncc1)Nc1ccc2c(c1)OCCO2. The number of ether oxygens (including phenoxy) is 2. The molecule has 1 N–H and O–H groups in total. The molecule has 5 nitrogen and oxygen atoms in total. The van der Waals surface area contributed by atoms with Crippen molar-refractivity contribution >= 4 is 23.4 Å². The molecule has 0 radical (unpaired) electrons. The number of carbonyl (C=O) groups is 1. The Morgan fingerprint density at radius 2 is 1.90 bits per heavy atom. The molecule has 1 aromatic heterocycles. The Kier molecular flexibility index (Phi) is 4.25. The van der Waals surface area contributed by atoms with Gasteiger partial charge >= 0.3 is 0 Å². The highest BCUT2D eigenvalue weighted by Gasteiger charge is 2.12. The van der Waals surface area contributed by atoms with Crippen LogP contribution in [0, 0.1) is 0 Å². The molecule has 2 aromatic rings. The van der Waals surface area contributed by atoms with Gasteiger partial charge < -0.3 is 14.8 Å². The number of thioether (sulfide) groups is 1. The van der Waals surface area contributed by atoms with Crippen molar-refractivity contribution in [3.63, 3.8) is 0 Å². The summed E-state index contributed by atoms with van der Waals surface area (Å²) in [6.45, 7) is 1.09. The molecule has 108 valence electrons. The molecule has 1 aliphatic rings. The number of pyridine rings is 1. The molecule has 0 saturated carbocycles. The Hall–Kier alpha value is -2.21. The van der Waals surface area contributed by atoms with Gasteiger partial charge in [-0.15, -0.1) is 11.8 Å². The average molecular weight is 302 g/mol. The molecule has 2 heterocycles. The molecular formula is C15H14N2O3S. The summed E-state index contributed by atoms with van der Waals surface area (Å²) >= 11 is 1.47. The van der Waals surface area contributed by atoms with Crippen LogP contribution >= 0.6 is 11.8 Å². The Bertz CT molecular complexity index is 634. The first-order valence-electron chi connectivity index (χ1n) is 6.53. The van der Waals surface area contributed by atoms with Crippen LogP contribution < -0.4 is 14.8 Å². The van der Waals surface area contributed by atoms with Crippen LogP contribution in [0.1, 0.15) is 0 Å². The van der Waals surface area contributed by atoms with Crippen LogP contribution in [0.5, 0.6) is 11.5 Å². The largest absolute Gasteiger partial charge is 0.486 e. The predicted octanol–water partition coefficient (Wildman–Crippen LogP) is 2.58. The van der Waals surface area contributed by atoms with Gasteiger partial charge in [0.05, 0.1) is 5.75 Å². The molecule has 1 aliphatic heterocycles. The van der Waals surface area contributed by atoms with Crippen molar-refractivity contribution < 1.29 is 14.3 Å². The Labute approximate surface area is 126 Å². The minimum Gasteiger partial charge on any atom is -0.486 e. The van der Waals surface area contributed by atoms with Crippen LogP contribution in [0.15, 0.2) is 47.6 Å². The third kappa shape index (κ3) is 3.66. The zero-order valence-corrected chi connectivity index (χ0v) is 12.1. The smallest absolute Gasteiger partial charge is 0.234 e. The molecule has 0 spiro atoms. The van der Waals surface area contributed by atoms with E-state index in [1.54, 1.807) is 24.5 Å². The second-order valence-corrected chi connectivity index (χ2v) is 5.43. The molecule has 3 rings (SSSR count). The Balaban J connectivity index is 1.57. The number of nitrogens with one attached hydrogen (secondary N) is 1. The molecule has 6 heteroatoms. The summed E-state index contributed by atoms with van der Waals surface area (Å²) < 4.78 is 10.9. The number of carbonyl (C=O) groups excluding carboxylic acids is 1. The second-order valence-electron chi connectivity index (χ2n) is 4.38. The van der Waals surface area contributed by atoms with Crippen molar-refractivity contribution in [2.24, 2.45) is 0 Å². The fraction of sp³-hybridized carbons (Fsp3) is 0.200. The van der Waals surface area contributed by atoms with Gasteiger partial charge in [0.1, 0.15) is 13.2 Å². The maximum Gasteiger partial charge on any atom is 0.234 e. The minimum atomic E-state index is -0.0616. The molecular weight excluding hydrogens is 288 g/mol. The van der Waals surface area contributed by atoms with Gasteiger partial charge in [0.15, 0.2) is 11.5 Å².